The SMILES string of the molecule is CC(C)n1cnc2c(N)nc(Nc3cc(-c4nnc(-c5ccc6nc[nH]c6c5)o4)ccc3NC=O)nc21. The summed E-state index contributed by atoms with van der Waals surface area (Å²) in [6.45, 7) is 4.04. The number of nitrogens with one attached hydrogen (secondary N) is 3. The molecule has 5 N–H and O–H groups in total. The van der Waals surface area contributed by atoms with Gasteiger partial charge in [-0.05, 0) is 50.2 Å². The molecule has 37 heavy (non-hydrogen) atoms. The highest BCUT2D eigenvalue weighted by Crippen LogP contribution is 2.32. The van der Waals surface area contributed by atoms with E-state index in [0.717, 1.165) is 16.6 Å². The molecule has 13 heteroatoms. The van der Waals surface area contributed by atoms with Crippen LogP contribution in [0, 0.1) is 0 Å². The average Bonchev–Trinajstić information content (AvgIpc) is 3.64. The molecule has 0 saturated carbocycles. The second kappa shape index (κ2) is 8.71. The number of benzene rings is 2. The van der Waals surface area contributed by atoms with Gasteiger partial charge in [0.15, 0.2) is 11.5 Å². The number of amides is 1. The summed E-state index contributed by atoms with van der Waals surface area (Å²) in [5.41, 5.74) is 11.4. The number of imidazole rings is 2. The van der Waals surface area contributed by atoms with Crippen molar-refractivity contribution < 1.29 is 9.21 Å². The minimum Gasteiger partial charge on any atom is -0.416 e. The number of aromatic nitrogens is 8. The summed E-state index contributed by atoms with van der Waals surface area (Å²) in [5.74, 6) is 1.15. The van der Waals surface area contributed by atoms with E-state index < -0.39 is 0 Å². The summed E-state index contributed by atoms with van der Waals surface area (Å²) < 4.78 is 7.86. The van der Waals surface area contributed by atoms with Crippen molar-refractivity contribution in [2.24, 2.45) is 0 Å². The van der Waals surface area contributed by atoms with Gasteiger partial charge in [0.25, 0.3) is 0 Å². The first-order valence-corrected chi connectivity index (χ1v) is 11.4. The molecule has 0 saturated heterocycles. The molecule has 0 aliphatic rings. The summed E-state index contributed by atoms with van der Waals surface area (Å²) >= 11 is 0. The first-order valence-electron chi connectivity index (χ1n) is 11.4. The molecule has 6 aromatic rings. The van der Waals surface area contributed by atoms with E-state index >= 15 is 0 Å². The molecule has 184 valence electrons. The molecule has 0 fully saturated rings. The largest absolute Gasteiger partial charge is 0.416 e. The van der Waals surface area contributed by atoms with Gasteiger partial charge >= 0.3 is 0 Å². The predicted octanol–water partition coefficient (Wildman–Crippen LogP) is 3.89. The standard InChI is InChI=1S/C24H21N11O2/c1-12(2)35-10-28-19-20(25)31-24(32-21(19)35)30-18-8-14(4-6-16(18)29-11-36)23-34-33-22(37-23)13-3-5-15-17(7-13)27-9-26-15/h3-12H,1-2H3,(H,26,27)(H,29,36)(H3,25,30,31,32). The van der Waals surface area contributed by atoms with Crippen LogP contribution in [0.5, 0.6) is 0 Å². The molecule has 0 radical (unpaired) electrons. The maximum atomic E-state index is 11.2. The molecule has 0 unspecified atom stereocenters. The quantitative estimate of drug-likeness (QED) is 0.237. The Labute approximate surface area is 209 Å². The second-order valence-corrected chi connectivity index (χ2v) is 8.54. The summed E-state index contributed by atoms with van der Waals surface area (Å²) in [6, 6.07) is 11.0. The lowest BCUT2D eigenvalue weighted by Crippen LogP contribution is -2.07. The van der Waals surface area contributed by atoms with Gasteiger partial charge in [-0.25, -0.2) is 9.97 Å². The van der Waals surface area contributed by atoms with Crippen LogP contribution >= 0.6 is 0 Å². The highest BCUT2D eigenvalue weighted by Gasteiger charge is 2.17. The first kappa shape index (κ1) is 22.2. The Morgan fingerprint density at radius 2 is 1.81 bits per heavy atom. The van der Waals surface area contributed by atoms with Crippen LogP contribution in [0.1, 0.15) is 19.9 Å². The number of fused-ring (bicyclic) bond motifs is 2. The van der Waals surface area contributed by atoms with Gasteiger partial charge in [-0.3, -0.25) is 4.79 Å². The zero-order valence-electron chi connectivity index (χ0n) is 19.8. The lowest BCUT2D eigenvalue weighted by molar-refractivity contribution is -0.105. The maximum absolute atomic E-state index is 11.2. The van der Waals surface area contributed by atoms with Crippen molar-refractivity contribution in [2.75, 3.05) is 16.4 Å². The summed E-state index contributed by atoms with van der Waals surface area (Å²) in [5, 5.41) is 14.2. The van der Waals surface area contributed by atoms with Gasteiger partial charge in [0, 0.05) is 17.2 Å². The van der Waals surface area contributed by atoms with Gasteiger partial charge in [-0.1, -0.05) is 0 Å². The van der Waals surface area contributed by atoms with Gasteiger partial charge in [0.1, 0.15) is 5.52 Å². The number of hydrogen-bond acceptors (Lipinski definition) is 10. The molecule has 0 aliphatic heterocycles. The van der Waals surface area contributed by atoms with Crippen LogP contribution in [0.4, 0.5) is 23.1 Å². The molecule has 1 amide bonds. The fourth-order valence-electron chi connectivity index (χ4n) is 3.99. The average molecular weight is 496 g/mol. The van der Waals surface area contributed by atoms with Crippen LogP contribution in [0.3, 0.4) is 0 Å². The van der Waals surface area contributed by atoms with Crippen LogP contribution in [-0.4, -0.2) is 46.1 Å². The number of carbonyl (C=O) groups excluding carboxylic acids is 1. The second-order valence-electron chi connectivity index (χ2n) is 8.54. The minimum atomic E-state index is 0.128. The molecule has 0 atom stereocenters. The van der Waals surface area contributed by atoms with Crippen molar-refractivity contribution in [1.29, 1.82) is 0 Å². The van der Waals surface area contributed by atoms with E-state index in [1.54, 1.807) is 30.9 Å². The summed E-state index contributed by atoms with van der Waals surface area (Å²) in [6.07, 6.45) is 3.90. The van der Waals surface area contributed by atoms with E-state index in [0.29, 0.717) is 46.3 Å². The third-order valence-corrected chi connectivity index (χ3v) is 5.82. The molecule has 0 bridgehead atoms. The van der Waals surface area contributed by atoms with Crippen LogP contribution < -0.4 is 16.4 Å². The predicted molar refractivity (Wildman–Crippen MR) is 138 cm³/mol. The normalized spacial score (nSPS) is 11.4. The van der Waals surface area contributed by atoms with E-state index in [9.17, 15) is 4.79 Å². The molecule has 2 aromatic carbocycles. The molecular weight excluding hydrogens is 474 g/mol. The number of nitrogen functional groups attached to an aromatic ring is 1. The third-order valence-electron chi connectivity index (χ3n) is 5.82. The fourth-order valence-corrected chi connectivity index (χ4v) is 3.99. The number of rotatable bonds is 7. The Bertz CT molecular complexity index is 1770. The summed E-state index contributed by atoms with van der Waals surface area (Å²) in [7, 11) is 0. The lowest BCUT2D eigenvalue weighted by Gasteiger charge is -2.13. The van der Waals surface area contributed by atoms with Crippen molar-refractivity contribution in [3.63, 3.8) is 0 Å². The van der Waals surface area contributed by atoms with Crippen molar-refractivity contribution in [3.05, 3.63) is 49.1 Å². The topological polar surface area (TPSA) is 178 Å². The van der Waals surface area contributed by atoms with E-state index in [4.69, 9.17) is 10.2 Å². The van der Waals surface area contributed by atoms with E-state index in [-0.39, 0.29) is 17.8 Å². The molecule has 6 rings (SSSR count). The smallest absolute Gasteiger partial charge is 0.248 e. The first-order chi connectivity index (χ1) is 18.0. The molecule has 0 spiro atoms. The molecule has 0 aliphatic carbocycles. The highest BCUT2D eigenvalue weighted by atomic mass is 16.4. The Morgan fingerprint density at radius 3 is 2.59 bits per heavy atom. The van der Waals surface area contributed by atoms with E-state index in [1.165, 1.54) is 0 Å². The monoisotopic (exact) mass is 495 g/mol. The lowest BCUT2D eigenvalue weighted by atomic mass is 10.1. The Kier molecular flexibility index (Phi) is 5.22. The van der Waals surface area contributed by atoms with Crippen LogP contribution in [0.25, 0.3) is 45.1 Å². The Morgan fingerprint density at radius 1 is 1.03 bits per heavy atom. The number of H-pyrrole nitrogens is 1. The molecule has 4 aromatic heterocycles. The minimum absolute atomic E-state index is 0.128. The zero-order valence-corrected chi connectivity index (χ0v) is 19.8. The maximum Gasteiger partial charge on any atom is 0.248 e. The summed E-state index contributed by atoms with van der Waals surface area (Å²) in [4.78, 5) is 31.8. The molecule has 4 heterocycles. The van der Waals surface area contributed by atoms with Crippen molar-refractivity contribution >= 4 is 51.7 Å². The third kappa shape index (κ3) is 3.97. The van der Waals surface area contributed by atoms with Crippen molar-refractivity contribution in [3.8, 4) is 22.9 Å². The van der Waals surface area contributed by atoms with Gasteiger partial charge in [0.05, 0.1) is 35.1 Å². The van der Waals surface area contributed by atoms with Crippen molar-refractivity contribution in [2.45, 2.75) is 19.9 Å². The number of anilines is 4. The number of carbonyl (C=O) groups is 1. The Hall–Kier alpha value is -5.33. The van der Waals surface area contributed by atoms with E-state index in [2.05, 4.69) is 45.8 Å². The highest BCUT2D eigenvalue weighted by molar-refractivity contribution is 5.87. The zero-order chi connectivity index (χ0) is 25.5. The molecule has 13 nitrogen and oxygen atoms in total. The van der Waals surface area contributed by atoms with Gasteiger partial charge in [-0.2, -0.15) is 9.97 Å². The number of nitrogens with two attached hydrogens (primary N) is 1. The van der Waals surface area contributed by atoms with Crippen LogP contribution in [0.2, 0.25) is 0 Å². The fraction of sp³-hybridized carbons (Fsp3) is 0.125. The van der Waals surface area contributed by atoms with Crippen LogP contribution in [-0.2, 0) is 4.79 Å². The van der Waals surface area contributed by atoms with Gasteiger partial charge < -0.3 is 30.3 Å². The van der Waals surface area contributed by atoms with E-state index in [1.807, 2.05) is 36.6 Å². The van der Waals surface area contributed by atoms with Gasteiger partial charge in [0.2, 0.25) is 24.1 Å². The number of hydrogen-bond donors (Lipinski definition) is 4. The van der Waals surface area contributed by atoms with Crippen molar-refractivity contribution in [1.82, 2.24) is 39.7 Å². The number of aromatic amines is 1. The Balaban J connectivity index is 1.36. The van der Waals surface area contributed by atoms with Crippen LogP contribution in [0.15, 0.2) is 53.5 Å². The number of nitrogens with zero attached hydrogens (tertiary/aromatic N) is 7. The molecular formula is C24H21N11O2. The van der Waals surface area contributed by atoms with Gasteiger partial charge in [-0.15, -0.1) is 10.2 Å².